The van der Waals surface area contributed by atoms with E-state index in [4.69, 9.17) is 10.5 Å². The molecule has 0 aliphatic heterocycles. The van der Waals surface area contributed by atoms with E-state index in [1.807, 2.05) is 20.8 Å². The largest absolute Gasteiger partial charge is 0.383 e. The van der Waals surface area contributed by atoms with Crippen LogP contribution >= 0.6 is 0 Å². The molecule has 3 N–H and O–H groups in total. The van der Waals surface area contributed by atoms with E-state index in [1.165, 1.54) is 0 Å². The van der Waals surface area contributed by atoms with Crippen molar-refractivity contribution in [1.82, 2.24) is 10.2 Å². The van der Waals surface area contributed by atoms with E-state index in [0.717, 1.165) is 6.42 Å². The van der Waals surface area contributed by atoms with E-state index in [9.17, 15) is 4.79 Å². The van der Waals surface area contributed by atoms with Crippen LogP contribution in [0.5, 0.6) is 0 Å². The second kappa shape index (κ2) is 7.46. The zero-order valence-corrected chi connectivity index (χ0v) is 10.9. The lowest BCUT2D eigenvalue weighted by Gasteiger charge is -2.28. The molecule has 0 heterocycles. The molecular formula is C11H25N3O2. The minimum absolute atomic E-state index is 0.0574. The maximum atomic E-state index is 11.9. The van der Waals surface area contributed by atoms with Crippen molar-refractivity contribution in [3.63, 3.8) is 0 Å². The van der Waals surface area contributed by atoms with Crippen LogP contribution in [0.2, 0.25) is 0 Å². The van der Waals surface area contributed by atoms with Crippen LogP contribution in [0, 0.1) is 0 Å². The molecule has 0 aromatic carbocycles. The smallest absolute Gasteiger partial charge is 0.317 e. The number of hydrogen-bond acceptors (Lipinski definition) is 3. The van der Waals surface area contributed by atoms with Gasteiger partial charge in [0.05, 0.1) is 6.61 Å². The Hall–Kier alpha value is -0.810. The number of rotatable bonds is 6. The molecule has 5 nitrogen and oxygen atoms in total. The number of carbonyl (C=O) groups is 1. The van der Waals surface area contributed by atoms with Crippen molar-refractivity contribution in [1.29, 1.82) is 0 Å². The highest BCUT2D eigenvalue weighted by Gasteiger charge is 2.18. The van der Waals surface area contributed by atoms with E-state index >= 15 is 0 Å². The molecule has 0 spiro atoms. The highest BCUT2D eigenvalue weighted by Crippen LogP contribution is 2.01. The molecule has 2 amide bonds. The summed E-state index contributed by atoms with van der Waals surface area (Å²) >= 11 is 0. The van der Waals surface area contributed by atoms with Crippen LogP contribution in [-0.4, -0.2) is 49.8 Å². The zero-order valence-electron chi connectivity index (χ0n) is 10.9. The van der Waals surface area contributed by atoms with Crippen molar-refractivity contribution in [2.45, 2.75) is 32.7 Å². The second-order valence-electron chi connectivity index (χ2n) is 4.80. The average Bonchev–Trinajstić information content (AvgIpc) is 2.15. The van der Waals surface area contributed by atoms with Crippen LogP contribution in [0.15, 0.2) is 0 Å². The summed E-state index contributed by atoms with van der Waals surface area (Å²) in [5.41, 5.74) is 5.23. The fourth-order valence-corrected chi connectivity index (χ4v) is 1.20. The molecule has 0 aromatic rings. The molecule has 0 saturated carbocycles. The molecule has 0 unspecified atom stereocenters. The van der Waals surface area contributed by atoms with Gasteiger partial charge in [-0.3, -0.25) is 0 Å². The number of methoxy groups -OCH3 is 1. The van der Waals surface area contributed by atoms with Gasteiger partial charge in [-0.2, -0.15) is 0 Å². The predicted molar refractivity (Wildman–Crippen MR) is 65.4 cm³/mol. The first-order valence-corrected chi connectivity index (χ1v) is 5.67. The molecule has 96 valence electrons. The Morgan fingerprint density at radius 3 is 2.44 bits per heavy atom. The van der Waals surface area contributed by atoms with Crippen molar-refractivity contribution in [3.8, 4) is 0 Å². The number of nitrogens with zero attached hydrogens (tertiary/aromatic N) is 1. The fraction of sp³-hybridized carbons (Fsp3) is 0.909. The van der Waals surface area contributed by atoms with Gasteiger partial charge in [-0.25, -0.2) is 4.79 Å². The minimum Gasteiger partial charge on any atom is -0.383 e. The summed E-state index contributed by atoms with van der Waals surface area (Å²) in [7, 11) is 1.63. The van der Waals surface area contributed by atoms with E-state index in [2.05, 4.69) is 5.32 Å². The van der Waals surface area contributed by atoms with Crippen LogP contribution in [0.25, 0.3) is 0 Å². The highest BCUT2D eigenvalue weighted by molar-refractivity contribution is 5.74. The summed E-state index contributed by atoms with van der Waals surface area (Å²) in [5.74, 6) is 0. The number of carbonyl (C=O) groups excluding carboxylic acids is 1. The van der Waals surface area contributed by atoms with Gasteiger partial charge in [-0.05, 0) is 33.7 Å². The summed E-state index contributed by atoms with van der Waals surface area (Å²) in [6, 6.07) is -0.0574. The number of nitrogens with one attached hydrogen (secondary N) is 1. The van der Waals surface area contributed by atoms with Crippen molar-refractivity contribution < 1.29 is 9.53 Å². The summed E-state index contributed by atoms with van der Waals surface area (Å²) in [6.45, 7) is 8.28. The van der Waals surface area contributed by atoms with Crippen molar-refractivity contribution in [3.05, 3.63) is 0 Å². The van der Waals surface area contributed by atoms with Gasteiger partial charge in [0.15, 0.2) is 0 Å². The average molecular weight is 231 g/mol. The molecule has 0 bridgehead atoms. The molecule has 0 atom stereocenters. The lowest BCUT2D eigenvalue weighted by molar-refractivity contribution is 0.145. The van der Waals surface area contributed by atoms with Crippen LogP contribution in [-0.2, 0) is 4.74 Å². The third-order valence-corrected chi connectivity index (χ3v) is 1.97. The molecule has 0 aliphatic rings. The zero-order chi connectivity index (χ0) is 12.6. The van der Waals surface area contributed by atoms with Gasteiger partial charge in [0, 0.05) is 25.7 Å². The molecule has 0 rings (SSSR count). The van der Waals surface area contributed by atoms with Crippen molar-refractivity contribution in [2.75, 3.05) is 33.4 Å². The van der Waals surface area contributed by atoms with Gasteiger partial charge in [0.25, 0.3) is 0 Å². The van der Waals surface area contributed by atoms with E-state index in [1.54, 1.807) is 12.0 Å². The van der Waals surface area contributed by atoms with Crippen molar-refractivity contribution in [2.24, 2.45) is 5.73 Å². The monoisotopic (exact) mass is 231 g/mol. The maximum Gasteiger partial charge on any atom is 0.317 e. The summed E-state index contributed by atoms with van der Waals surface area (Å²) in [4.78, 5) is 13.6. The first-order chi connectivity index (χ1) is 7.40. The Kier molecular flexibility index (Phi) is 7.08. The Balaban J connectivity index is 4.19. The molecule has 0 aliphatic carbocycles. The van der Waals surface area contributed by atoms with Crippen LogP contribution in [0.4, 0.5) is 4.79 Å². The summed E-state index contributed by atoms with van der Waals surface area (Å²) < 4.78 is 4.98. The van der Waals surface area contributed by atoms with Gasteiger partial charge in [0.2, 0.25) is 0 Å². The number of urea groups is 1. The minimum atomic E-state index is -0.217. The fourth-order valence-electron chi connectivity index (χ4n) is 1.20. The van der Waals surface area contributed by atoms with Gasteiger partial charge in [-0.15, -0.1) is 0 Å². The van der Waals surface area contributed by atoms with Crippen LogP contribution in [0.1, 0.15) is 27.2 Å². The van der Waals surface area contributed by atoms with Gasteiger partial charge >= 0.3 is 6.03 Å². The summed E-state index contributed by atoms with van der Waals surface area (Å²) in [6.07, 6.45) is 0.807. The number of amides is 2. The van der Waals surface area contributed by atoms with Crippen molar-refractivity contribution >= 4 is 6.03 Å². The predicted octanol–water partition coefficient (Wildman–Crippen LogP) is 0.792. The van der Waals surface area contributed by atoms with E-state index in [-0.39, 0.29) is 11.6 Å². The molecular weight excluding hydrogens is 206 g/mol. The number of ether oxygens (including phenoxy) is 1. The molecule has 16 heavy (non-hydrogen) atoms. The van der Waals surface area contributed by atoms with Gasteiger partial charge in [0.1, 0.15) is 0 Å². The first-order valence-electron chi connectivity index (χ1n) is 5.67. The Morgan fingerprint density at radius 2 is 2.00 bits per heavy atom. The van der Waals surface area contributed by atoms with Crippen LogP contribution in [0.3, 0.4) is 0 Å². The lowest BCUT2D eigenvalue weighted by atomic mass is 10.1. The Morgan fingerprint density at radius 1 is 1.38 bits per heavy atom. The Labute approximate surface area is 98.3 Å². The first kappa shape index (κ1) is 15.2. The van der Waals surface area contributed by atoms with Gasteiger partial charge < -0.3 is 20.7 Å². The van der Waals surface area contributed by atoms with E-state index in [0.29, 0.717) is 26.2 Å². The lowest BCUT2D eigenvalue weighted by Crippen LogP contribution is -2.49. The maximum absolute atomic E-state index is 11.9. The second-order valence-corrected chi connectivity index (χ2v) is 4.80. The third kappa shape index (κ3) is 7.48. The number of hydrogen-bond donors (Lipinski definition) is 2. The topological polar surface area (TPSA) is 67.6 Å². The molecule has 0 radical (unpaired) electrons. The third-order valence-electron chi connectivity index (χ3n) is 1.97. The summed E-state index contributed by atoms with van der Waals surface area (Å²) in [5, 5.41) is 2.93. The number of nitrogens with two attached hydrogens (primary N) is 1. The quantitative estimate of drug-likeness (QED) is 0.710. The highest BCUT2D eigenvalue weighted by atomic mass is 16.5. The normalized spacial score (nSPS) is 11.3. The Bertz CT molecular complexity index is 194. The van der Waals surface area contributed by atoms with Gasteiger partial charge in [-0.1, -0.05) is 0 Å². The van der Waals surface area contributed by atoms with E-state index < -0.39 is 0 Å². The SMILES string of the molecule is COCCN(CCCN)C(=O)NC(C)(C)C. The van der Waals surface area contributed by atoms with Crippen LogP contribution < -0.4 is 11.1 Å². The molecule has 0 aromatic heterocycles. The molecule has 5 heteroatoms. The standard InChI is InChI=1S/C11H25N3O2/c1-11(2,3)13-10(15)14(7-5-6-12)8-9-16-4/h5-9,12H2,1-4H3,(H,13,15). The molecule has 0 fully saturated rings. The molecule has 0 saturated heterocycles.